The van der Waals surface area contributed by atoms with Crippen molar-refractivity contribution in [1.82, 2.24) is 31.9 Å². The normalized spacial score (nSPS) is 12.0. The predicted octanol–water partition coefficient (Wildman–Crippen LogP) is 9.36. The van der Waals surface area contributed by atoms with Gasteiger partial charge in [0.05, 0.1) is 45.7 Å². The van der Waals surface area contributed by atoms with E-state index in [4.69, 9.17) is 56.8 Å². The van der Waals surface area contributed by atoms with E-state index in [1.807, 2.05) is 0 Å². The number of hydrogen-bond acceptors (Lipinski definition) is 20. The van der Waals surface area contributed by atoms with Gasteiger partial charge in [0, 0.05) is 0 Å². The van der Waals surface area contributed by atoms with Crippen molar-refractivity contribution < 1.29 is 95.2 Å². The van der Waals surface area contributed by atoms with Gasteiger partial charge in [0.1, 0.15) is 73.2 Å². The Labute approximate surface area is 511 Å². The number of amides is 6. The zero-order valence-electron chi connectivity index (χ0n) is 54.0. The summed E-state index contributed by atoms with van der Waals surface area (Å²) in [7, 11) is 0. The van der Waals surface area contributed by atoms with Gasteiger partial charge in [-0.15, -0.1) is 0 Å². The highest BCUT2D eigenvalue weighted by Gasteiger charge is 2.24. The van der Waals surface area contributed by atoms with Crippen LogP contribution in [0.2, 0.25) is 0 Å². The highest BCUT2D eigenvalue weighted by molar-refractivity contribution is 6.11. The second kappa shape index (κ2) is 34.7. The van der Waals surface area contributed by atoms with Crippen LogP contribution in [0.5, 0.6) is 34.5 Å². The molecule has 0 bridgehead atoms. The first-order chi connectivity index (χ1) is 40.1. The third-order valence-corrected chi connectivity index (χ3v) is 9.50. The van der Waals surface area contributed by atoms with Crippen molar-refractivity contribution in [3.05, 3.63) is 47.5 Å². The van der Waals surface area contributed by atoms with Crippen LogP contribution >= 0.6 is 0 Å². The van der Waals surface area contributed by atoms with Crippen LogP contribution in [0.1, 0.15) is 142 Å². The number of hydrogen-bond donors (Lipinski definition) is 6. The number of rotatable bonds is 30. The Morgan fingerprint density at radius 3 is 0.678 bits per heavy atom. The molecule has 87 heavy (non-hydrogen) atoms. The number of alkyl carbamates (subject to hydrolysis) is 6. The minimum Gasteiger partial charge on any atom is -0.488 e. The van der Waals surface area contributed by atoms with Crippen molar-refractivity contribution in [1.29, 1.82) is 0 Å². The number of benzene rings is 2. The van der Waals surface area contributed by atoms with E-state index in [-0.39, 0.29) is 113 Å². The van der Waals surface area contributed by atoms with Crippen molar-refractivity contribution in [2.75, 3.05) is 78.9 Å². The molecule has 0 aromatic heterocycles. The summed E-state index contributed by atoms with van der Waals surface area (Å²) in [6.45, 7) is 30.4. The van der Waals surface area contributed by atoms with Crippen LogP contribution in [-0.4, -0.2) is 161 Å². The Morgan fingerprint density at radius 1 is 0.310 bits per heavy atom. The number of carbonyl (C=O) groups excluding carboxylic acids is 8. The summed E-state index contributed by atoms with van der Waals surface area (Å²) in [5, 5.41) is 15.7. The molecule has 0 radical (unpaired) electrons. The lowest BCUT2D eigenvalue weighted by Gasteiger charge is -2.21. The number of ether oxygens (including phenoxy) is 12. The van der Waals surface area contributed by atoms with Crippen LogP contribution in [0.15, 0.2) is 36.4 Å². The van der Waals surface area contributed by atoms with Crippen LogP contribution in [0, 0.1) is 0 Å². The molecule has 2 rings (SSSR count). The van der Waals surface area contributed by atoms with Gasteiger partial charge >= 0.3 is 36.6 Å². The monoisotopic (exact) mass is 1230 g/mol. The fraction of sp³-hybridized carbons (Fsp3) is 0.607. The van der Waals surface area contributed by atoms with Crippen LogP contribution < -0.4 is 60.3 Å². The van der Waals surface area contributed by atoms with Crippen molar-refractivity contribution in [3.63, 3.8) is 0 Å². The van der Waals surface area contributed by atoms with Gasteiger partial charge in [-0.2, -0.15) is 0 Å². The topological polar surface area (TPSA) is 319 Å². The Bertz CT molecular complexity index is 2370. The Balaban J connectivity index is 2.57. The minimum absolute atomic E-state index is 0.00272. The van der Waals surface area contributed by atoms with Gasteiger partial charge in [-0.05, 0) is 172 Å². The van der Waals surface area contributed by atoms with E-state index in [1.165, 1.54) is 48.6 Å². The zero-order chi connectivity index (χ0) is 65.8. The third-order valence-electron chi connectivity index (χ3n) is 9.50. The van der Waals surface area contributed by atoms with Gasteiger partial charge in [0.15, 0.2) is 34.6 Å². The molecule has 0 aliphatic heterocycles. The first kappa shape index (κ1) is 74.8. The number of carbonyl (C=O) groups is 8. The first-order valence-electron chi connectivity index (χ1n) is 28.5. The smallest absolute Gasteiger partial charge is 0.407 e. The van der Waals surface area contributed by atoms with Crippen molar-refractivity contribution in [3.8, 4) is 34.5 Å². The molecular weight excluding hydrogens is 1140 g/mol. The third kappa shape index (κ3) is 37.0. The number of nitrogens with one attached hydrogen (secondary N) is 6. The van der Waals surface area contributed by atoms with E-state index in [2.05, 4.69) is 31.9 Å². The molecule has 0 spiro atoms. The van der Waals surface area contributed by atoms with Gasteiger partial charge in [0.25, 0.3) is 0 Å². The molecule has 0 aliphatic carbocycles. The highest BCUT2D eigenvalue weighted by Crippen LogP contribution is 2.41. The lowest BCUT2D eigenvalue weighted by atomic mass is 10.1. The Kier molecular flexibility index (Phi) is 29.9. The summed E-state index contributed by atoms with van der Waals surface area (Å²) in [6, 6.07) is 6.14. The summed E-state index contributed by atoms with van der Waals surface area (Å²) >= 11 is 0. The SMILES string of the molecule is CC(C)(C)OC(=O)NCCOc1cc(C=CC(=O)CC(=O)C=Cc2cc(OCCNC(=O)OC(C)(C)C)c(OCCNC(=O)OC(C)(C)C)c(OCCNC(=O)OC(C)(C)C)c2)cc(OCCNC(=O)OC(C)(C)C)c1OCCNC(=O)OC(C)(C)C. The first-order valence-corrected chi connectivity index (χ1v) is 28.5. The van der Waals surface area contributed by atoms with Gasteiger partial charge in [-0.1, -0.05) is 12.2 Å². The van der Waals surface area contributed by atoms with Gasteiger partial charge < -0.3 is 88.7 Å². The second-order valence-corrected chi connectivity index (χ2v) is 25.1. The molecule has 2 aromatic rings. The van der Waals surface area contributed by atoms with E-state index >= 15 is 0 Å². The van der Waals surface area contributed by atoms with E-state index in [9.17, 15) is 38.4 Å². The Morgan fingerprint density at radius 2 is 0.494 bits per heavy atom. The molecule has 0 heterocycles. The molecule has 0 saturated carbocycles. The maximum atomic E-state index is 13.5. The molecule has 6 amide bonds. The molecule has 2 aromatic carbocycles. The number of allylic oxidation sites excluding steroid dienone is 2. The molecule has 0 aliphatic rings. The fourth-order valence-corrected chi connectivity index (χ4v) is 6.52. The zero-order valence-corrected chi connectivity index (χ0v) is 54.0. The molecule has 0 fully saturated rings. The molecule has 0 saturated heterocycles. The molecule has 488 valence electrons. The van der Waals surface area contributed by atoms with E-state index < -0.39 is 88.2 Å². The summed E-state index contributed by atoms with van der Waals surface area (Å²) < 4.78 is 68.7. The summed E-state index contributed by atoms with van der Waals surface area (Å²) in [6.07, 6.45) is 0.587. The molecule has 26 nitrogen and oxygen atoms in total. The maximum absolute atomic E-state index is 13.5. The molecular formula is C61H94N6O20. The van der Waals surface area contributed by atoms with Gasteiger partial charge in [0.2, 0.25) is 11.5 Å². The second-order valence-electron chi connectivity index (χ2n) is 25.1. The van der Waals surface area contributed by atoms with Crippen LogP contribution in [0.25, 0.3) is 12.2 Å². The molecule has 0 unspecified atom stereocenters. The lowest BCUT2D eigenvalue weighted by molar-refractivity contribution is -0.121. The largest absolute Gasteiger partial charge is 0.488 e. The molecule has 0 atom stereocenters. The van der Waals surface area contributed by atoms with Crippen molar-refractivity contribution >= 4 is 60.3 Å². The summed E-state index contributed by atoms with van der Waals surface area (Å²) in [5.41, 5.74) is -3.83. The predicted molar refractivity (Wildman–Crippen MR) is 324 cm³/mol. The summed E-state index contributed by atoms with van der Waals surface area (Å²) in [4.78, 5) is 102. The van der Waals surface area contributed by atoms with Gasteiger partial charge in [-0.3, -0.25) is 9.59 Å². The van der Waals surface area contributed by atoms with Crippen molar-refractivity contribution in [2.45, 2.75) is 165 Å². The van der Waals surface area contributed by atoms with E-state index in [0.29, 0.717) is 11.1 Å². The van der Waals surface area contributed by atoms with Gasteiger partial charge in [-0.25, -0.2) is 28.8 Å². The quantitative estimate of drug-likeness (QED) is 0.0183. The Hall–Kier alpha value is -8.32. The van der Waals surface area contributed by atoms with Crippen LogP contribution in [0.4, 0.5) is 28.8 Å². The van der Waals surface area contributed by atoms with Crippen molar-refractivity contribution in [2.24, 2.45) is 0 Å². The molecule has 26 heteroatoms. The van der Waals surface area contributed by atoms with Crippen LogP contribution in [-0.2, 0) is 38.0 Å². The number of ketones is 2. The average Bonchev–Trinajstić information content (AvgIpc) is 1.34. The van der Waals surface area contributed by atoms with E-state index in [0.717, 1.165) is 0 Å². The maximum Gasteiger partial charge on any atom is 0.407 e. The molecule has 6 N–H and O–H groups in total. The standard InChI is InChI=1S/C61H94N6O20/c1-56(2,3)82-50(70)62-23-29-76-44-35-40(36-45(77-30-24-63-51(71)83-57(4,5)6)48(44)80-33-27-66-54(74)86-60(13,14)15)19-21-42(68)39-43(69)22-20-41-37-46(78-31-25-64-52(72)84-58(7,8)9)49(81-34-28-67-55(75)87-61(16,17)18)47(38-41)79-32-26-65-53(73)85-59(10,11)12/h19-22,35-38H,23-34,39H2,1-18H3,(H,62,70)(H,63,71)(H,64,72)(H,65,73)(H,66,74)(H,67,75). The fourth-order valence-electron chi connectivity index (χ4n) is 6.52. The minimum atomic E-state index is -0.756. The lowest BCUT2D eigenvalue weighted by Crippen LogP contribution is -2.35. The average molecular weight is 1230 g/mol. The summed E-state index contributed by atoms with van der Waals surface area (Å²) in [5.74, 6) is -0.655. The van der Waals surface area contributed by atoms with E-state index in [1.54, 1.807) is 125 Å². The highest BCUT2D eigenvalue weighted by atomic mass is 16.6. The van der Waals surface area contributed by atoms with Crippen LogP contribution in [0.3, 0.4) is 0 Å².